The maximum Gasteiger partial charge on any atom is 0.325 e. The number of esters is 1. The van der Waals surface area contributed by atoms with Crippen LogP contribution >= 0.6 is 32.9 Å². The Morgan fingerprint density at radius 3 is 2.50 bits per heavy atom. The Morgan fingerprint density at radius 1 is 1.04 bits per heavy atom. The molecule has 240 valence electrons. The van der Waals surface area contributed by atoms with Crippen molar-refractivity contribution in [3.8, 4) is 21.9 Å². The summed E-state index contributed by atoms with van der Waals surface area (Å²) in [6.07, 6.45) is 1.85. The molecule has 0 radical (unpaired) electrons. The van der Waals surface area contributed by atoms with E-state index in [9.17, 15) is 4.79 Å². The highest BCUT2D eigenvalue weighted by Gasteiger charge is 2.26. The van der Waals surface area contributed by atoms with E-state index in [4.69, 9.17) is 31.8 Å². The van der Waals surface area contributed by atoms with E-state index in [2.05, 4.69) is 40.8 Å². The lowest BCUT2D eigenvalue weighted by molar-refractivity contribution is -0.136. The third-order valence-electron chi connectivity index (χ3n) is 8.01. The zero-order chi connectivity index (χ0) is 32.2. The molecule has 0 unspecified atom stereocenters. The standard InChI is InChI=1S/C34H38N6O3S3/c1-5-7-27-32-33(38(4)37-27)22(3)35-34(36-32)26-18-23(8-13-28(26)42-6-2)20-39-14-16-40(17-15-39)21-30(41)43-25-11-9-24(10-12-25)29-19-31(44)46-45-29/h8-13,18-19H,3,5-7,14-17,20-21H2,1-2,4H3,(H,35,36). The Hall–Kier alpha value is -3.68. The zero-order valence-corrected chi connectivity index (χ0v) is 28.8. The molecular formula is C34H38N6O3S3. The number of amidine groups is 1. The lowest BCUT2D eigenvalue weighted by atomic mass is 10.1. The molecule has 4 aromatic rings. The Balaban J connectivity index is 1.07. The van der Waals surface area contributed by atoms with Crippen molar-refractivity contribution in [2.24, 2.45) is 12.0 Å². The van der Waals surface area contributed by atoms with Crippen LogP contribution in [-0.2, 0) is 24.8 Å². The van der Waals surface area contributed by atoms with Gasteiger partial charge in [0.1, 0.15) is 32.5 Å². The first-order valence-corrected chi connectivity index (χ1v) is 18.1. The van der Waals surface area contributed by atoms with E-state index < -0.39 is 0 Å². The van der Waals surface area contributed by atoms with Crippen LogP contribution in [0.1, 0.15) is 42.8 Å². The highest BCUT2D eigenvalue weighted by atomic mass is 32.9. The average molecular weight is 675 g/mol. The summed E-state index contributed by atoms with van der Waals surface area (Å²) in [7, 11) is 5.18. The molecule has 2 aliphatic heterocycles. The Morgan fingerprint density at radius 2 is 1.80 bits per heavy atom. The van der Waals surface area contributed by atoms with Gasteiger partial charge in [-0.15, -0.1) is 0 Å². The minimum absolute atomic E-state index is 0.246. The summed E-state index contributed by atoms with van der Waals surface area (Å²) in [6, 6.07) is 15.9. The first-order chi connectivity index (χ1) is 22.3. The molecule has 0 atom stereocenters. The maximum absolute atomic E-state index is 12.7. The second-order valence-electron chi connectivity index (χ2n) is 11.4. The van der Waals surface area contributed by atoms with Crippen molar-refractivity contribution in [1.29, 1.82) is 0 Å². The van der Waals surface area contributed by atoms with Crippen LogP contribution in [-0.4, -0.2) is 70.7 Å². The molecule has 0 saturated carbocycles. The molecule has 46 heavy (non-hydrogen) atoms. The molecule has 4 heterocycles. The molecule has 0 bridgehead atoms. The number of nitrogens with zero attached hydrogens (tertiary/aromatic N) is 5. The number of rotatable bonds is 11. The van der Waals surface area contributed by atoms with Crippen LogP contribution < -0.4 is 14.8 Å². The fourth-order valence-corrected chi connectivity index (χ4v) is 8.21. The molecule has 1 N–H and O–H groups in total. The Bertz CT molecular complexity index is 1820. The second kappa shape index (κ2) is 14.4. The summed E-state index contributed by atoms with van der Waals surface area (Å²) in [6.45, 7) is 13.3. The van der Waals surface area contributed by atoms with Crippen molar-refractivity contribution in [2.45, 2.75) is 33.2 Å². The summed E-state index contributed by atoms with van der Waals surface area (Å²) in [5.74, 6) is 1.82. The molecule has 1 saturated heterocycles. The highest BCUT2D eigenvalue weighted by Crippen LogP contribution is 2.35. The van der Waals surface area contributed by atoms with Gasteiger partial charge in [0.15, 0.2) is 0 Å². The topological polar surface area (TPSA) is 84.2 Å². The van der Waals surface area contributed by atoms with E-state index in [0.29, 0.717) is 12.4 Å². The third-order valence-corrected chi connectivity index (χ3v) is 10.9. The molecule has 2 aromatic heterocycles. The van der Waals surface area contributed by atoms with Crippen LogP contribution in [0.4, 0.5) is 5.69 Å². The van der Waals surface area contributed by atoms with Gasteiger partial charge in [0.25, 0.3) is 0 Å². The SMILES string of the molecule is C=C1NC(c2cc(CN3CCN(CC(=O)Oc4ccc(-c5cc(=S)ss5)cc4)CC3)ccc2OCC)=Nc2c(CCC)nn(C)c21. The number of hydrogen-bond acceptors (Lipinski definition) is 11. The number of hydrogen-bond donors (Lipinski definition) is 1. The van der Waals surface area contributed by atoms with Crippen molar-refractivity contribution in [2.75, 3.05) is 39.3 Å². The summed E-state index contributed by atoms with van der Waals surface area (Å²) >= 11 is 5.24. The minimum Gasteiger partial charge on any atom is -0.493 e. The number of ether oxygens (including phenoxy) is 2. The van der Waals surface area contributed by atoms with Crippen molar-refractivity contribution in [1.82, 2.24) is 24.9 Å². The normalized spacial score (nSPS) is 15.3. The number of carbonyl (C=O) groups excluding carboxylic acids is 1. The van der Waals surface area contributed by atoms with Crippen molar-refractivity contribution in [3.05, 3.63) is 81.4 Å². The fourth-order valence-electron chi connectivity index (χ4n) is 5.81. The van der Waals surface area contributed by atoms with Crippen LogP contribution in [0.2, 0.25) is 0 Å². The quantitative estimate of drug-likeness (QED) is 0.0818. The zero-order valence-electron chi connectivity index (χ0n) is 26.4. The van der Waals surface area contributed by atoms with Gasteiger partial charge in [-0.25, -0.2) is 4.99 Å². The number of nitrogens with one attached hydrogen (secondary N) is 1. The number of aromatic nitrogens is 2. The number of aliphatic imine (C=N–C) groups is 1. The van der Waals surface area contributed by atoms with E-state index in [1.54, 1.807) is 20.7 Å². The second-order valence-corrected chi connectivity index (χ2v) is 14.3. The minimum atomic E-state index is -0.246. The first-order valence-electron chi connectivity index (χ1n) is 15.5. The molecule has 0 aliphatic carbocycles. The number of fused-ring (bicyclic) bond motifs is 1. The summed E-state index contributed by atoms with van der Waals surface area (Å²) in [5.41, 5.74) is 6.72. The van der Waals surface area contributed by atoms with E-state index in [1.165, 1.54) is 5.56 Å². The molecule has 2 aromatic carbocycles. The molecule has 1 fully saturated rings. The summed E-state index contributed by atoms with van der Waals surface area (Å²) in [4.78, 5) is 23.4. The van der Waals surface area contributed by atoms with E-state index in [-0.39, 0.29) is 12.5 Å². The van der Waals surface area contributed by atoms with Gasteiger partial charge in [0, 0.05) is 44.6 Å². The van der Waals surface area contributed by atoms with Crippen LogP contribution in [0.3, 0.4) is 0 Å². The van der Waals surface area contributed by atoms with E-state index in [1.807, 2.05) is 55.1 Å². The maximum atomic E-state index is 12.7. The Labute approximate surface area is 282 Å². The van der Waals surface area contributed by atoms with Crippen LogP contribution in [0.15, 0.2) is 60.1 Å². The van der Waals surface area contributed by atoms with Crippen molar-refractivity contribution >= 4 is 56.1 Å². The largest absolute Gasteiger partial charge is 0.493 e. The molecule has 0 amide bonds. The van der Waals surface area contributed by atoms with Gasteiger partial charge in [-0.3, -0.25) is 19.3 Å². The monoisotopic (exact) mass is 674 g/mol. The van der Waals surface area contributed by atoms with Gasteiger partial charge in [-0.1, -0.05) is 58.9 Å². The first kappa shape index (κ1) is 32.3. The summed E-state index contributed by atoms with van der Waals surface area (Å²) in [5, 5.41) is 8.12. The van der Waals surface area contributed by atoms with Gasteiger partial charge < -0.3 is 14.8 Å². The lowest BCUT2D eigenvalue weighted by Crippen LogP contribution is -2.48. The van der Waals surface area contributed by atoms with Crippen molar-refractivity contribution < 1.29 is 14.3 Å². The molecule has 0 spiro atoms. The van der Waals surface area contributed by atoms with Crippen molar-refractivity contribution in [3.63, 3.8) is 0 Å². The lowest BCUT2D eigenvalue weighted by Gasteiger charge is -2.34. The predicted molar refractivity (Wildman–Crippen MR) is 189 cm³/mol. The van der Waals surface area contributed by atoms with Crippen LogP contribution in [0, 0.1) is 3.82 Å². The molecule has 6 rings (SSSR count). The Kier molecular flexibility index (Phi) is 10.1. The van der Waals surface area contributed by atoms with Crippen LogP contribution in [0.5, 0.6) is 11.5 Å². The molecule has 12 heteroatoms. The van der Waals surface area contributed by atoms with Gasteiger partial charge in [-0.2, -0.15) is 5.10 Å². The fraction of sp³-hybridized carbons (Fsp3) is 0.353. The molecular weight excluding hydrogens is 637 g/mol. The van der Waals surface area contributed by atoms with Crippen LogP contribution in [0.25, 0.3) is 16.1 Å². The number of benzene rings is 2. The van der Waals surface area contributed by atoms with E-state index >= 15 is 0 Å². The molecule has 9 nitrogen and oxygen atoms in total. The third kappa shape index (κ3) is 7.31. The van der Waals surface area contributed by atoms with Gasteiger partial charge in [0.2, 0.25) is 0 Å². The summed E-state index contributed by atoms with van der Waals surface area (Å²) < 4.78 is 14.4. The number of aryl methyl sites for hydroxylation is 2. The van der Waals surface area contributed by atoms with Gasteiger partial charge in [0.05, 0.1) is 30.1 Å². The molecule has 2 aliphatic rings. The predicted octanol–water partition coefficient (Wildman–Crippen LogP) is 6.67. The van der Waals surface area contributed by atoms with E-state index in [0.717, 1.165) is 99.8 Å². The van der Waals surface area contributed by atoms with Gasteiger partial charge in [-0.05, 0) is 66.9 Å². The smallest absolute Gasteiger partial charge is 0.325 e. The van der Waals surface area contributed by atoms with Gasteiger partial charge >= 0.3 is 5.97 Å². The number of piperazine rings is 1. The number of carbonyl (C=O) groups is 1. The average Bonchev–Trinajstić information content (AvgIpc) is 3.62. The highest BCUT2D eigenvalue weighted by molar-refractivity contribution is 7.80.